The minimum Gasteiger partial charge on any atom is -0.352 e. The Bertz CT molecular complexity index is 630. The summed E-state index contributed by atoms with van der Waals surface area (Å²) in [5.41, 5.74) is 1.10. The maximum Gasteiger partial charge on any atom is 0.225 e. The van der Waals surface area contributed by atoms with E-state index < -0.39 is 0 Å². The lowest BCUT2D eigenvalue weighted by Gasteiger charge is -2.49. The molecular weight excluding hydrogens is 300 g/mol. The van der Waals surface area contributed by atoms with Crippen LogP contribution >= 0.6 is 0 Å². The average Bonchev–Trinajstić information content (AvgIpc) is 2.89. The number of aromatic nitrogens is 2. The van der Waals surface area contributed by atoms with E-state index in [1.807, 2.05) is 0 Å². The fraction of sp³-hybridized carbons (Fsp3) is 0.737. The van der Waals surface area contributed by atoms with Crippen molar-refractivity contribution >= 4 is 11.7 Å². The third-order valence-electron chi connectivity index (χ3n) is 6.21. The molecule has 1 spiro atoms. The summed E-state index contributed by atoms with van der Waals surface area (Å²) in [6.45, 7) is 9.26. The summed E-state index contributed by atoms with van der Waals surface area (Å²) >= 11 is 0. The Hall–Kier alpha value is -1.65. The van der Waals surface area contributed by atoms with Gasteiger partial charge in [-0.05, 0) is 45.4 Å². The molecule has 2 fully saturated rings. The molecule has 130 valence electrons. The molecule has 0 N–H and O–H groups in total. The molecular formula is C19H28N4O. The van der Waals surface area contributed by atoms with Crippen LogP contribution < -0.4 is 4.90 Å². The summed E-state index contributed by atoms with van der Waals surface area (Å²) < 4.78 is 0. The van der Waals surface area contributed by atoms with Gasteiger partial charge >= 0.3 is 0 Å². The number of rotatable bonds is 2. The highest BCUT2D eigenvalue weighted by atomic mass is 16.2. The van der Waals surface area contributed by atoms with Crippen molar-refractivity contribution in [3.05, 3.63) is 18.1 Å². The minimum absolute atomic E-state index is 0.00544. The number of amides is 1. The van der Waals surface area contributed by atoms with E-state index in [1.165, 1.54) is 12.8 Å². The third kappa shape index (κ3) is 2.40. The molecule has 1 amide bonds. The van der Waals surface area contributed by atoms with E-state index in [9.17, 15) is 4.79 Å². The second-order valence-corrected chi connectivity index (χ2v) is 8.38. The lowest BCUT2D eigenvalue weighted by molar-refractivity contribution is -0.144. The quantitative estimate of drug-likeness (QED) is 0.837. The first-order valence-corrected chi connectivity index (χ1v) is 9.37. The number of nitrogens with zero attached hydrogens (tertiary/aromatic N) is 4. The van der Waals surface area contributed by atoms with Crippen LogP contribution in [-0.2, 0) is 10.2 Å². The SMILES string of the molecule is CC1CCC(C(=O)N2CC3(C2)CN(C(C)C)c2nccnc23)CC1. The van der Waals surface area contributed by atoms with Crippen molar-refractivity contribution in [2.75, 3.05) is 24.5 Å². The highest BCUT2D eigenvalue weighted by Crippen LogP contribution is 2.45. The van der Waals surface area contributed by atoms with Crippen LogP contribution in [0.1, 0.15) is 52.1 Å². The van der Waals surface area contributed by atoms with Crippen LogP contribution in [0.15, 0.2) is 12.4 Å². The summed E-state index contributed by atoms with van der Waals surface area (Å²) in [7, 11) is 0. The minimum atomic E-state index is 0.00544. The number of carbonyl (C=O) groups is 1. The highest BCUT2D eigenvalue weighted by Gasteiger charge is 2.55. The van der Waals surface area contributed by atoms with E-state index in [-0.39, 0.29) is 11.3 Å². The van der Waals surface area contributed by atoms with Gasteiger partial charge in [0.1, 0.15) is 0 Å². The van der Waals surface area contributed by atoms with Crippen LogP contribution in [-0.4, -0.2) is 46.5 Å². The summed E-state index contributed by atoms with van der Waals surface area (Å²) in [4.78, 5) is 26.5. The summed E-state index contributed by atoms with van der Waals surface area (Å²) in [5, 5.41) is 0. The number of hydrogen-bond donors (Lipinski definition) is 0. The molecule has 1 saturated carbocycles. The fourth-order valence-electron chi connectivity index (χ4n) is 4.67. The second kappa shape index (κ2) is 5.71. The van der Waals surface area contributed by atoms with Crippen molar-refractivity contribution in [1.82, 2.24) is 14.9 Å². The predicted molar refractivity (Wildman–Crippen MR) is 93.9 cm³/mol. The van der Waals surface area contributed by atoms with Crippen molar-refractivity contribution in [2.24, 2.45) is 11.8 Å². The molecule has 3 heterocycles. The Balaban J connectivity index is 1.47. The molecule has 0 bridgehead atoms. The molecule has 24 heavy (non-hydrogen) atoms. The van der Waals surface area contributed by atoms with Gasteiger partial charge in [0.15, 0.2) is 5.82 Å². The van der Waals surface area contributed by atoms with Gasteiger partial charge in [-0.3, -0.25) is 9.78 Å². The normalized spacial score (nSPS) is 28.2. The number of likely N-dealkylation sites (tertiary alicyclic amines) is 1. The Morgan fingerprint density at radius 2 is 1.79 bits per heavy atom. The van der Waals surface area contributed by atoms with E-state index in [0.717, 1.165) is 49.9 Å². The second-order valence-electron chi connectivity index (χ2n) is 8.38. The van der Waals surface area contributed by atoms with E-state index in [2.05, 4.69) is 40.5 Å². The average molecular weight is 328 g/mol. The summed E-state index contributed by atoms with van der Waals surface area (Å²) in [6.07, 6.45) is 8.10. The van der Waals surface area contributed by atoms with E-state index in [4.69, 9.17) is 0 Å². The molecule has 4 rings (SSSR count). The lowest BCUT2D eigenvalue weighted by atomic mass is 9.76. The first kappa shape index (κ1) is 15.9. The van der Waals surface area contributed by atoms with Gasteiger partial charge in [-0.2, -0.15) is 0 Å². The lowest BCUT2D eigenvalue weighted by Crippen LogP contribution is -2.64. The predicted octanol–water partition coefficient (Wildman–Crippen LogP) is 2.61. The van der Waals surface area contributed by atoms with Crippen LogP contribution in [0.25, 0.3) is 0 Å². The molecule has 1 aliphatic carbocycles. The monoisotopic (exact) mass is 328 g/mol. The summed E-state index contributed by atoms with van der Waals surface area (Å²) in [5.74, 6) is 2.43. The van der Waals surface area contributed by atoms with Crippen molar-refractivity contribution in [3.8, 4) is 0 Å². The van der Waals surface area contributed by atoms with Crippen LogP contribution in [0.5, 0.6) is 0 Å². The maximum absolute atomic E-state index is 12.8. The number of anilines is 1. The van der Waals surface area contributed by atoms with Gasteiger partial charge in [-0.25, -0.2) is 4.98 Å². The maximum atomic E-state index is 12.8. The molecule has 1 aromatic heterocycles. The van der Waals surface area contributed by atoms with Gasteiger partial charge in [0, 0.05) is 44.0 Å². The molecule has 0 unspecified atom stereocenters. The Kier molecular flexibility index (Phi) is 3.77. The Morgan fingerprint density at radius 3 is 2.46 bits per heavy atom. The van der Waals surface area contributed by atoms with Crippen LogP contribution in [0.2, 0.25) is 0 Å². The third-order valence-corrected chi connectivity index (χ3v) is 6.21. The molecule has 2 aliphatic heterocycles. The number of fused-ring (bicyclic) bond motifs is 2. The van der Waals surface area contributed by atoms with Gasteiger partial charge in [0.2, 0.25) is 5.91 Å². The Labute approximate surface area is 144 Å². The zero-order valence-electron chi connectivity index (χ0n) is 15.0. The molecule has 1 saturated heterocycles. The molecule has 0 aromatic carbocycles. The topological polar surface area (TPSA) is 49.3 Å². The van der Waals surface area contributed by atoms with Gasteiger partial charge in [-0.15, -0.1) is 0 Å². The van der Waals surface area contributed by atoms with Gasteiger partial charge in [0.25, 0.3) is 0 Å². The van der Waals surface area contributed by atoms with E-state index >= 15 is 0 Å². The first-order chi connectivity index (χ1) is 11.5. The standard InChI is InChI=1S/C19H28N4O/c1-13(2)23-12-19(16-17(23)21-9-8-20-16)10-22(11-19)18(24)15-6-4-14(3)5-7-15/h8-9,13-15H,4-7,10-12H2,1-3H3. The van der Waals surface area contributed by atoms with Gasteiger partial charge in [-0.1, -0.05) is 6.92 Å². The first-order valence-electron chi connectivity index (χ1n) is 9.37. The van der Waals surface area contributed by atoms with Crippen LogP contribution in [0, 0.1) is 11.8 Å². The largest absolute Gasteiger partial charge is 0.352 e. The molecule has 3 aliphatic rings. The molecule has 5 heteroatoms. The van der Waals surface area contributed by atoms with Gasteiger partial charge < -0.3 is 9.80 Å². The Morgan fingerprint density at radius 1 is 1.12 bits per heavy atom. The molecule has 0 atom stereocenters. The number of hydrogen-bond acceptors (Lipinski definition) is 4. The highest BCUT2D eigenvalue weighted by molar-refractivity contribution is 5.81. The zero-order chi connectivity index (χ0) is 16.9. The number of carbonyl (C=O) groups excluding carboxylic acids is 1. The van der Waals surface area contributed by atoms with Gasteiger partial charge in [0.05, 0.1) is 11.1 Å². The van der Waals surface area contributed by atoms with Crippen molar-refractivity contribution in [2.45, 2.75) is 57.9 Å². The van der Waals surface area contributed by atoms with Crippen molar-refractivity contribution < 1.29 is 4.79 Å². The van der Waals surface area contributed by atoms with Crippen molar-refractivity contribution in [3.63, 3.8) is 0 Å². The van der Waals surface area contributed by atoms with Crippen LogP contribution in [0.3, 0.4) is 0 Å². The van der Waals surface area contributed by atoms with Crippen molar-refractivity contribution in [1.29, 1.82) is 0 Å². The van der Waals surface area contributed by atoms with E-state index in [1.54, 1.807) is 12.4 Å². The van der Waals surface area contributed by atoms with E-state index in [0.29, 0.717) is 11.9 Å². The molecule has 5 nitrogen and oxygen atoms in total. The molecule has 1 aromatic rings. The molecule has 0 radical (unpaired) electrons. The summed E-state index contributed by atoms with van der Waals surface area (Å²) in [6, 6.07) is 0.407. The smallest absolute Gasteiger partial charge is 0.225 e. The van der Waals surface area contributed by atoms with Crippen LogP contribution in [0.4, 0.5) is 5.82 Å². The fourth-order valence-corrected chi connectivity index (χ4v) is 4.67. The zero-order valence-corrected chi connectivity index (χ0v) is 15.0.